The average Bonchev–Trinajstić information content (AvgIpc) is 2.53. The molecule has 1 N–H and O–H groups in total. The number of anilines is 1. The number of nitrogens with one attached hydrogen (secondary N) is 1. The number of rotatable bonds is 3. The molecular weight excluding hydrogens is 260 g/mol. The molecule has 1 aliphatic carbocycles. The average molecular weight is 280 g/mol. The topological polar surface area (TPSA) is 33.6 Å². The molecule has 0 atom stereocenters. The summed E-state index contributed by atoms with van der Waals surface area (Å²) in [6, 6.07) is 14.5. The van der Waals surface area contributed by atoms with Crippen LogP contribution in [0, 0.1) is 6.92 Å². The minimum Gasteiger partial charge on any atom is -0.497 e. The van der Waals surface area contributed by atoms with E-state index in [0.29, 0.717) is 0 Å². The molecule has 0 unspecified atom stereocenters. The van der Waals surface area contributed by atoms with Crippen molar-refractivity contribution in [3.63, 3.8) is 0 Å². The number of aryl methyl sites for hydroxylation is 2. The quantitative estimate of drug-likeness (QED) is 0.857. The van der Waals surface area contributed by atoms with Crippen LogP contribution in [0.5, 0.6) is 5.75 Å². The molecule has 3 rings (SSSR count). The zero-order valence-corrected chi connectivity index (χ0v) is 12.5. The Hall–Kier alpha value is -2.29. The molecular formula is C18H20N2O. The van der Waals surface area contributed by atoms with Crippen LogP contribution in [0.25, 0.3) is 0 Å². The molecule has 3 nitrogen and oxygen atoms in total. The lowest BCUT2D eigenvalue weighted by molar-refractivity contribution is 0.414. The Bertz CT molecular complexity index is 659. The highest BCUT2D eigenvalue weighted by Crippen LogP contribution is 2.26. The smallest absolute Gasteiger partial charge is 0.119 e. The summed E-state index contributed by atoms with van der Waals surface area (Å²) in [5.41, 5.74) is 9.13. The van der Waals surface area contributed by atoms with Crippen LogP contribution in [-0.4, -0.2) is 12.8 Å². The number of methoxy groups -OCH3 is 1. The maximum absolute atomic E-state index is 5.30. The van der Waals surface area contributed by atoms with Crippen LogP contribution in [-0.2, 0) is 6.42 Å². The maximum atomic E-state index is 5.30. The normalized spacial score (nSPS) is 15.6. The lowest BCUT2D eigenvalue weighted by atomic mass is 9.90. The first kappa shape index (κ1) is 13.7. The highest BCUT2D eigenvalue weighted by Gasteiger charge is 2.16. The van der Waals surface area contributed by atoms with Crippen molar-refractivity contribution in [2.45, 2.75) is 26.2 Å². The number of nitrogens with zero attached hydrogens (tertiary/aromatic N) is 1. The van der Waals surface area contributed by atoms with Gasteiger partial charge in [-0.3, -0.25) is 5.43 Å². The molecule has 108 valence electrons. The molecule has 2 aromatic rings. The van der Waals surface area contributed by atoms with E-state index in [4.69, 9.17) is 4.74 Å². The number of benzene rings is 2. The highest BCUT2D eigenvalue weighted by atomic mass is 16.5. The van der Waals surface area contributed by atoms with Gasteiger partial charge >= 0.3 is 0 Å². The molecule has 0 saturated carbocycles. The van der Waals surface area contributed by atoms with Crippen molar-refractivity contribution in [3.05, 3.63) is 59.2 Å². The Morgan fingerprint density at radius 2 is 1.86 bits per heavy atom. The van der Waals surface area contributed by atoms with Crippen LogP contribution in [0.15, 0.2) is 47.6 Å². The molecule has 1 aliphatic rings. The van der Waals surface area contributed by atoms with Gasteiger partial charge in [-0.15, -0.1) is 0 Å². The summed E-state index contributed by atoms with van der Waals surface area (Å²) in [6.07, 6.45) is 3.24. The van der Waals surface area contributed by atoms with Gasteiger partial charge in [0.25, 0.3) is 0 Å². The molecule has 3 heteroatoms. The van der Waals surface area contributed by atoms with E-state index in [0.717, 1.165) is 36.4 Å². The van der Waals surface area contributed by atoms with Crippen molar-refractivity contribution in [1.29, 1.82) is 0 Å². The number of hydrogen-bond acceptors (Lipinski definition) is 3. The molecule has 0 heterocycles. The van der Waals surface area contributed by atoms with Gasteiger partial charge < -0.3 is 4.74 Å². The molecule has 0 radical (unpaired) electrons. The van der Waals surface area contributed by atoms with Crippen molar-refractivity contribution >= 4 is 11.4 Å². The van der Waals surface area contributed by atoms with Crippen molar-refractivity contribution in [3.8, 4) is 5.75 Å². The van der Waals surface area contributed by atoms with Crippen molar-refractivity contribution in [1.82, 2.24) is 0 Å². The Morgan fingerprint density at radius 3 is 2.62 bits per heavy atom. The van der Waals surface area contributed by atoms with Gasteiger partial charge in [0.05, 0.1) is 18.5 Å². The maximum Gasteiger partial charge on any atom is 0.119 e. The molecule has 2 aromatic carbocycles. The summed E-state index contributed by atoms with van der Waals surface area (Å²) in [5.74, 6) is 0.918. The minimum atomic E-state index is 0.918. The van der Waals surface area contributed by atoms with Crippen LogP contribution in [0.4, 0.5) is 5.69 Å². The minimum absolute atomic E-state index is 0.918. The Kier molecular flexibility index (Phi) is 3.91. The molecule has 0 fully saturated rings. The fraction of sp³-hybridized carbons (Fsp3) is 0.278. The Balaban J connectivity index is 1.84. The summed E-state index contributed by atoms with van der Waals surface area (Å²) >= 11 is 0. The predicted molar refractivity (Wildman–Crippen MR) is 87.3 cm³/mol. The van der Waals surface area contributed by atoms with Gasteiger partial charge in [-0.2, -0.15) is 5.10 Å². The number of hydrazone groups is 1. The van der Waals surface area contributed by atoms with Crippen LogP contribution in [0.1, 0.15) is 29.5 Å². The first-order chi connectivity index (χ1) is 10.3. The van der Waals surface area contributed by atoms with Gasteiger partial charge in [0.2, 0.25) is 0 Å². The van der Waals surface area contributed by atoms with Gasteiger partial charge in [-0.25, -0.2) is 0 Å². The summed E-state index contributed by atoms with van der Waals surface area (Å²) in [6.45, 7) is 2.08. The van der Waals surface area contributed by atoms with Crippen molar-refractivity contribution in [2.24, 2.45) is 5.10 Å². The third kappa shape index (κ3) is 3.07. The molecule has 0 spiro atoms. The first-order valence-electron chi connectivity index (χ1n) is 7.33. The summed E-state index contributed by atoms with van der Waals surface area (Å²) in [5, 5.41) is 4.61. The lowest BCUT2D eigenvalue weighted by Gasteiger charge is -2.18. The predicted octanol–water partition coefficient (Wildman–Crippen LogP) is 4.16. The lowest BCUT2D eigenvalue weighted by Crippen LogP contribution is -2.13. The fourth-order valence-electron chi connectivity index (χ4n) is 2.64. The SMILES string of the molecule is COc1ccc2c(c1)CCC/C2=N/Nc1ccc(C)cc1. The Labute approximate surface area is 125 Å². The molecule has 0 amide bonds. The van der Waals surface area contributed by atoms with Crippen molar-refractivity contribution < 1.29 is 4.74 Å². The van der Waals surface area contributed by atoms with E-state index in [9.17, 15) is 0 Å². The fourth-order valence-corrected chi connectivity index (χ4v) is 2.64. The second-order valence-corrected chi connectivity index (χ2v) is 5.41. The van der Waals surface area contributed by atoms with Crippen LogP contribution in [0.2, 0.25) is 0 Å². The third-order valence-corrected chi connectivity index (χ3v) is 3.85. The van der Waals surface area contributed by atoms with Crippen molar-refractivity contribution in [2.75, 3.05) is 12.5 Å². The van der Waals surface area contributed by atoms with Gasteiger partial charge in [-0.1, -0.05) is 17.7 Å². The molecule has 0 aromatic heterocycles. The number of fused-ring (bicyclic) bond motifs is 1. The van der Waals surface area contributed by atoms with Crippen LogP contribution in [0.3, 0.4) is 0 Å². The van der Waals surface area contributed by atoms with E-state index in [-0.39, 0.29) is 0 Å². The van der Waals surface area contributed by atoms with E-state index in [1.807, 2.05) is 6.07 Å². The summed E-state index contributed by atoms with van der Waals surface area (Å²) in [7, 11) is 1.71. The Morgan fingerprint density at radius 1 is 1.05 bits per heavy atom. The van der Waals surface area contributed by atoms with Gasteiger partial charge in [0.15, 0.2) is 0 Å². The van der Waals surface area contributed by atoms with E-state index in [1.54, 1.807) is 7.11 Å². The molecule has 0 aliphatic heterocycles. The zero-order chi connectivity index (χ0) is 14.7. The second kappa shape index (κ2) is 6.00. The van der Waals surface area contributed by atoms with E-state index in [1.165, 1.54) is 16.7 Å². The first-order valence-corrected chi connectivity index (χ1v) is 7.33. The van der Waals surface area contributed by atoms with Crippen LogP contribution >= 0.6 is 0 Å². The van der Waals surface area contributed by atoms with Gasteiger partial charge in [-0.05, 0) is 62.1 Å². The number of ether oxygens (including phenoxy) is 1. The standard InChI is InChI=1S/C18H20N2O/c1-13-6-8-15(9-7-13)19-20-18-5-3-4-14-12-16(21-2)10-11-17(14)18/h6-12,19H,3-5H2,1-2H3/b20-18-. The summed E-state index contributed by atoms with van der Waals surface area (Å²) < 4.78 is 5.30. The van der Waals surface area contributed by atoms with E-state index < -0.39 is 0 Å². The monoisotopic (exact) mass is 280 g/mol. The van der Waals surface area contributed by atoms with E-state index >= 15 is 0 Å². The van der Waals surface area contributed by atoms with Gasteiger partial charge in [0, 0.05) is 5.56 Å². The second-order valence-electron chi connectivity index (χ2n) is 5.41. The molecule has 0 bridgehead atoms. The largest absolute Gasteiger partial charge is 0.497 e. The molecule has 21 heavy (non-hydrogen) atoms. The van der Waals surface area contributed by atoms with Gasteiger partial charge in [0.1, 0.15) is 5.75 Å². The van der Waals surface area contributed by atoms with Crippen LogP contribution < -0.4 is 10.2 Å². The molecule has 0 saturated heterocycles. The highest BCUT2D eigenvalue weighted by molar-refractivity contribution is 6.03. The zero-order valence-electron chi connectivity index (χ0n) is 12.5. The van der Waals surface area contributed by atoms with E-state index in [2.05, 4.69) is 53.8 Å². The summed E-state index contributed by atoms with van der Waals surface area (Å²) in [4.78, 5) is 0. The third-order valence-electron chi connectivity index (χ3n) is 3.85. The number of hydrogen-bond donors (Lipinski definition) is 1.